The molecule has 2 aliphatic rings. The first kappa shape index (κ1) is 16.4. The molecule has 0 atom stereocenters. The number of carbonyl (C=O) groups is 2. The minimum atomic E-state index is -4.80. The van der Waals surface area contributed by atoms with E-state index in [2.05, 4.69) is 10.1 Å². The molecule has 0 bridgehead atoms. The van der Waals surface area contributed by atoms with Crippen molar-refractivity contribution < 1.29 is 27.5 Å². The van der Waals surface area contributed by atoms with Crippen molar-refractivity contribution in [2.45, 2.75) is 31.8 Å². The molecule has 3 amide bonds. The summed E-state index contributed by atoms with van der Waals surface area (Å²) in [5, 5.41) is 2.53. The fraction of sp³-hybridized carbons (Fsp3) is 0.467. The summed E-state index contributed by atoms with van der Waals surface area (Å²) in [4.78, 5) is 26.9. The molecule has 2 fully saturated rings. The maximum atomic E-state index is 12.4. The first-order valence-electron chi connectivity index (χ1n) is 7.49. The highest BCUT2D eigenvalue weighted by atomic mass is 19.4. The molecule has 1 aliphatic heterocycles. The number of carbonyl (C=O) groups excluding carboxylic acids is 2. The molecule has 0 unspecified atom stereocenters. The van der Waals surface area contributed by atoms with Gasteiger partial charge >= 0.3 is 12.4 Å². The first-order valence-corrected chi connectivity index (χ1v) is 7.49. The van der Waals surface area contributed by atoms with Crippen LogP contribution in [0.3, 0.4) is 0 Å². The van der Waals surface area contributed by atoms with Crippen molar-refractivity contribution in [3.8, 4) is 5.75 Å². The number of alkyl halides is 3. The third kappa shape index (κ3) is 3.90. The van der Waals surface area contributed by atoms with Gasteiger partial charge in [-0.05, 0) is 18.9 Å². The normalized spacial score (nSPS) is 18.0. The van der Waals surface area contributed by atoms with Crippen LogP contribution in [0.25, 0.3) is 0 Å². The van der Waals surface area contributed by atoms with Crippen LogP contribution in [-0.2, 0) is 11.3 Å². The summed E-state index contributed by atoms with van der Waals surface area (Å²) in [5.41, 5.74) is 0.202. The molecule has 1 heterocycles. The lowest BCUT2D eigenvalue weighted by Gasteiger charge is -2.19. The van der Waals surface area contributed by atoms with Crippen molar-refractivity contribution >= 4 is 11.9 Å². The second-order valence-corrected chi connectivity index (χ2v) is 5.75. The van der Waals surface area contributed by atoms with Gasteiger partial charge in [-0.15, -0.1) is 13.2 Å². The van der Waals surface area contributed by atoms with Gasteiger partial charge in [-0.25, -0.2) is 4.79 Å². The molecule has 6 nitrogen and oxygen atoms in total. The van der Waals surface area contributed by atoms with Gasteiger partial charge in [0, 0.05) is 18.2 Å². The molecule has 0 radical (unpaired) electrons. The summed E-state index contributed by atoms with van der Waals surface area (Å²) in [6.45, 7) is 0.0816. The molecular weight excluding hydrogens is 327 g/mol. The molecule has 0 aromatic heterocycles. The van der Waals surface area contributed by atoms with Crippen LogP contribution < -0.4 is 10.1 Å². The molecule has 3 rings (SSSR count). The number of rotatable bonds is 4. The van der Waals surface area contributed by atoms with Gasteiger partial charge in [-0.1, -0.05) is 18.2 Å². The van der Waals surface area contributed by atoms with Gasteiger partial charge in [-0.3, -0.25) is 9.69 Å². The van der Waals surface area contributed by atoms with E-state index in [1.165, 1.54) is 23.1 Å². The summed E-state index contributed by atoms with van der Waals surface area (Å²) in [6.07, 6.45) is -2.90. The Bertz CT molecular complexity index is 646. The van der Waals surface area contributed by atoms with Gasteiger partial charge in [0.2, 0.25) is 5.91 Å². The highest BCUT2D eigenvalue weighted by Crippen LogP contribution is 2.29. The maximum Gasteiger partial charge on any atom is 0.573 e. The minimum Gasteiger partial charge on any atom is -0.405 e. The van der Waals surface area contributed by atoms with Crippen LogP contribution in [0.4, 0.5) is 18.0 Å². The number of benzene rings is 1. The molecule has 1 saturated carbocycles. The average molecular weight is 343 g/mol. The zero-order valence-corrected chi connectivity index (χ0v) is 12.7. The highest BCUT2D eigenvalue weighted by molar-refractivity contribution is 5.87. The number of amides is 3. The van der Waals surface area contributed by atoms with E-state index < -0.39 is 12.4 Å². The average Bonchev–Trinajstić information content (AvgIpc) is 3.27. The van der Waals surface area contributed by atoms with E-state index in [1.54, 1.807) is 11.0 Å². The van der Waals surface area contributed by atoms with Gasteiger partial charge in [0.15, 0.2) is 0 Å². The molecule has 130 valence electrons. The quantitative estimate of drug-likeness (QED) is 0.910. The van der Waals surface area contributed by atoms with E-state index in [4.69, 9.17) is 0 Å². The SMILES string of the molecule is O=C(NCc1ccccc1OC(F)(F)F)N1CC(=O)N(C2CC2)C1. The van der Waals surface area contributed by atoms with Crippen LogP contribution in [0.1, 0.15) is 18.4 Å². The Labute approximate surface area is 136 Å². The Balaban J connectivity index is 1.58. The maximum absolute atomic E-state index is 12.4. The van der Waals surface area contributed by atoms with E-state index in [0.717, 1.165) is 12.8 Å². The molecular formula is C15H16F3N3O3. The van der Waals surface area contributed by atoms with Crippen molar-refractivity contribution in [3.63, 3.8) is 0 Å². The lowest BCUT2D eigenvalue weighted by Crippen LogP contribution is -2.39. The molecule has 0 spiro atoms. The van der Waals surface area contributed by atoms with Crippen molar-refractivity contribution in [3.05, 3.63) is 29.8 Å². The zero-order chi connectivity index (χ0) is 17.3. The Morgan fingerprint density at radius 3 is 2.67 bits per heavy atom. The second-order valence-electron chi connectivity index (χ2n) is 5.75. The lowest BCUT2D eigenvalue weighted by molar-refractivity contribution is -0.274. The summed E-state index contributed by atoms with van der Waals surface area (Å²) in [5.74, 6) is -0.462. The molecule has 24 heavy (non-hydrogen) atoms. The molecule has 1 saturated heterocycles. The fourth-order valence-corrected chi connectivity index (χ4v) is 2.56. The molecule has 1 aromatic rings. The van der Waals surface area contributed by atoms with Crippen molar-refractivity contribution in [1.82, 2.24) is 15.1 Å². The number of urea groups is 1. The van der Waals surface area contributed by atoms with E-state index in [-0.39, 0.29) is 43.0 Å². The first-order chi connectivity index (χ1) is 11.3. The predicted molar refractivity (Wildman–Crippen MR) is 76.8 cm³/mol. The third-order valence-corrected chi connectivity index (χ3v) is 3.87. The number of halogens is 3. The molecule has 9 heteroatoms. The number of nitrogens with one attached hydrogen (secondary N) is 1. The van der Waals surface area contributed by atoms with Crippen LogP contribution in [0.15, 0.2) is 24.3 Å². The van der Waals surface area contributed by atoms with Crippen molar-refractivity contribution in [2.75, 3.05) is 13.2 Å². The summed E-state index contributed by atoms with van der Waals surface area (Å²) >= 11 is 0. The van der Waals surface area contributed by atoms with E-state index >= 15 is 0 Å². The predicted octanol–water partition coefficient (Wildman–Crippen LogP) is 2.06. The Morgan fingerprint density at radius 1 is 1.29 bits per heavy atom. The summed E-state index contributed by atoms with van der Waals surface area (Å²) in [7, 11) is 0. The fourth-order valence-electron chi connectivity index (χ4n) is 2.56. The minimum absolute atomic E-state index is 0.0109. The van der Waals surface area contributed by atoms with Crippen LogP contribution in [0.5, 0.6) is 5.75 Å². The Kier molecular flexibility index (Phi) is 4.25. The third-order valence-electron chi connectivity index (χ3n) is 3.87. The Hall–Kier alpha value is -2.45. The Morgan fingerprint density at radius 2 is 2.00 bits per heavy atom. The second kappa shape index (κ2) is 6.21. The number of nitrogens with zero attached hydrogens (tertiary/aromatic N) is 2. The van der Waals surface area contributed by atoms with Crippen LogP contribution in [0, 0.1) is 0 Å². The van der Waals surface area contributed by atoms with Crippen molar-refractivity contribution in [2.24, 2.45) is 0 Å². The number of hydrogen-bond acceptors (Lipinski definition) is 3. The summed E-state index contributed by atoms with van der Waals surface area (Å²) < 4.78 is 41.1. The topological polar surface area (TPSA) is 61.9 Å². The van der Waals surface area contributed by atoms with Crippen LogP contribution >= 0.6 is 0 Å². The number of para-hydroxylation sites is 1. The smallest absolute Gasteiger partial charge is 0.405 e. The molecule has 1 N–H and O–H groups in total. The lowest BCUT2D eigenvalue weighted by atomic mass is 10.2. The van der Waals surface area contributed by atoms with Gasteiger partial charge in [-0.2, -0.15) is 0 Å². The van der Waals surface area contributed by atoms with E-state index in [1.807, 2.05) is 0 Å². The van der Waals surface area contributed by atoms with E-state index in [9.17, 15) is 22.8 Å². The highest BCUT2D eigenvalue weighted by Gasteiger charge is 2.40. The largest absolute Gasteiger partial charge is 0.573 e. The monoisotopic (exact) mass is 343 g/mol. The van der Waals surface area contributed by atoms with Crippen molar-refractivity contribution in [1.29, 1.82) is 0 Å². The van der Waals surface area contributed by atoms with Gasteiger partial charge in [0.05, 0.1) is 6.67 Å². The van der Waals surface area contributed by atoms with Crippen LogP contribution in [-0.4, -0.2) is 47.4 Å². The standard InChI is InChI=1S/C15H16F3N3O3/c16-15(17,18)24-12-4-2-1-3-10(12)7-19-14(23)20-8-13(22)21(9-20)11-5-6-11/h1-4,11H,5-9H2,(H,19,23). The number of hydrogen-bond donors (Lipinski definition) is 1. The van der Waals surface area contributed by atoms with Gasteiger partial charge in [0.25, 0.3) is 0 Å². The van der Waals surface area contributed by atoms with Crippen LogP contribution in [0.2, 0.25) is 0 Å². The zero-order valence-electron chi connectivity index (χ0n) is 12.7. The molecule has 1 aliphatic carbocycles. The summed E-state index contributed by atoms with van der Waals surface area (Å²) in [6, 6.07) is 5.32. The molecule has 1 aromatic carbocycles. The van der Waals surface area contributed by atoms with E-state index in [0.29, 0.717) is 0 Å². The van der Waals surface area contributed by atoms with Gasteiger partial charge in [0.1, 0.15) is 12.3 Å². The number of ether oxygens (including phenoxy) is 1. The van der Waals surface area contributed by atoms with Gasteiger partial charge < -0.3 is 15.0 Å².